The molecule has 2 aromatic heterocycles. The maximum absolute atomic E-state index is 5.87. The first-order valence-corrected chi connectivity index (χ1v) is 4.68. The first kappa shape index (κ1) is 9.15. The van der Waals surface area contributed by atoms with Crippen LogP contribution in [0.15, 0.2) is 30.7 Å². The lowest BCUT2D eigenvalue weighted by Gasteiger charge is -1.97. The van der Waals surface area contributed by atoms with Crippen LogP contribution in [0, 0.1) is 0 Å². The summed E-state index contributed by atoms with van der Waals surface area (Å²) in [5.74, 6) is 0. The van der Waals surface area contributed by atoms with E-state index in [4.69, 9.17) is 11.6 Å². The van der Waals surface area contributed by atoms with E-state index in [1.807, 2.05) is 19.1 Å². The Balaban J connectivity index is 2.34. The third-order valence-electron chi connectivity index (χ3n) is 1.83. The van der Waals surface area contributed by atoms with Crippen molar-refractivity contribution in [2.24, 2.45) is 0 Å². The van der Waals surface area contributed by atoms with Gasteiger partial charge in [0.15, 0.2) is 0 Å². The number of hydrogen-bond donors (Lipinski definition) is 0. The summed E-state index contributed by atoms with van der Waals surface area (Å²) in [7, 11) is 0. The van der Waals surface area contributed by atoms with Gasteiger partial charge < -0.3 is 0 Å². The fraction of sp³-hybridized carbons (Fsp3) is 0.222. The lowest BCUT2D eigenvalue weighted by Crippen LogP contribution is -1.94. The average molecular weight is 209 g/mol. The summed E-state index contributed by atoms with van der Waals surface area (Å²) < 4.78 is 1.65. The fourth-order valence-corrected chi connectivity index (χ4v) is 1.17. The molecule has 1 unspecified atom stereocenters. The topological polar surface area (TPSA) is 43.6 Å². The van der Waals surface area contributed by atoms with Crippen molar-refractivity contribution in [3.05, 3.63) is 36.4 Å². The van der Waals surface area contributed by atoms with Gasteiger partial charge in [0.1, 0.15) is 5.69 Å². The number of nitrogens with zero attached hydrogens (tertiary/aromatic N) is 4. The Morgan fingerprint density at radius 3 is 2.93 bits per heavy atom. The quantitative estimate of drug-likeness (QED) is 0.709. The van der Waals surface area contributed by atoms with E-state index in [1.165, 1.54) is 0 Å². The van der Waals surface area contributed by atoms with E-state index in [2.05, 4.69) is 15.3 Å². The van der Waals surface area contributed by atoms with Crippen molar-refractivity contribution in [2.45, 2.75) is 12.3 Å². The maximum atomic E-state index is 5.87. The van der Waals surface area contributed by atoms with Crippen LogP contribution >= 0.6 is 11.6 Å². The monoisotopic (exact) mass is 208 g/mol. The first-order valence-electron chi connectivity index (χ1n) is 4.24. The van der Waals surface area contributed by atoms with Gasteiger partial charge in [-0.25, -0.2) is 4.68 Å². The molecule has 0 saturated carbocycles. The molecule has 0 aromatic carbocycles. The second-order valence-corrected chi connectivity index (χ2v) is 3.57. The lowest BCUT2D eigenvalue weighted by molar-refractivity contribution is 0.793. The lowest BCUT2D eigenvalue weighted by atomic mass is 10.3. The van der Waals surface area contributed by atoms with Gasteiger partial charge >= 0.3 is 0 Å². The van der Waals surface area contributed by atoms with E-state index < -0.39 is 0 Å². The van der Waals surface area contributed by atoms with Gasteiger partial charge in [0.05, 0.1) is 23.5 Å². The van der Waals surface area contributed by atoms with Crippen molar-refractivity contribution in [1.29, 1.82) is 0 Å². The molecule has 0 fully saturated rings. The van der Waals surface area contributed by atoms with E-state index in [9.17, 15) is 0 Å². The molecule has 0 N–H and O–H groups in total. The molecule has 0 radical (unpaired) electrons. The molecule has 0 aliphatic heterocycles. The van der Waals surface area contributed by atoms with Gasteiger partial charge in [-0.05, 0) is 19.1 Å². The molecule has 5 heteroatoms. The predicted molar refractivity (Wildman–Crippen MR) is 53.4 cm³/mol. The van der Waals surface area contributed by atoms with Crippen LogP contribution in [0.4, 0.5) is 0 Å². The maximum Gasteiger partial charge on any atom is 0.101 e. The highest BCUT2D eigenvalue weighted by atomic mass is 35.5. The highest BCUT2D eigenvalue weighted by molar-refractivity contribution is 6.20. The zero-order valence-corrected chi connectivity index (χ0v) is 8.39. The molecule has 0 aliphatic rings. The minimum atomic E-state index is -0.125. The molecule has 2 rings (SSSR count). The van der Waals surface area contributed by atoms with Crippen LogP contribution in [0.5, 0.6) is 0 Å². The van der Waals surface area contributed by atoms with Crippen LogP contribution in [0.25, 0.3) is 5.69 Å². The summed E-state index contributed by atoms with van der Waals surface area (Å²) in [5, 5.41) is 7.77. The van der Waals surface area contributed by atoms with E-state index >= 15 is 0 Å². The molecule has 0 spiro atoms. The van der Waals surface area contributed by atoms with Gasteiger partial charge in [-0.15, -0.1) is 16.7 Å². The number of hydrogen-bond acceptors (Lipinski definition) is 3. The highest BCUT2D eigenvalue weighted by Crippen LogP contribution is 2.16. The predicted octanol–water partition coefficient (Wildman–Crippen LogP) is 1.96. The first-order chi connectivity index (χ1) is 6.77. The SMILES string of the molecule is CC(Cl)c1cn(-c2cccnc2)nn1. The molecular formula is C9H9ClN4. The molecule has 2 aromatic rings. The van der Waals surface area contributed by atoms with Crippen LogP contribution in [-0.2, 0) is 0 Å². The molecule has 2 heterocycles. The van der Waals surface area contributed by atoms with E-state index in [-0.39, 0.29) is 5.38 Å². The number of aromatic nitrogens is 4. The Kier molecular flexibility index (Phi) is 2.45. The Morgan fingerprint density at radius 2 is 2.36 bits per heavy atom. The van der Waals surface area contributed by atoms with Gasteiger partial charge in [0.25, 0.3) is 0 Å². The number of alkyl halides is 1. The second kappa shape index (κ2) is 3.75. The largest absolute Gasteiger partial charge is 0.262 e. The molecular weight excluding hydrogens is 200 g/mol. The Labute approximate surface area is 86.5 Å². The summed E-state index contributed by atoms with van der Waals surface area (Å²) in [5.41, 5.74) is 1.64. The normalized spacial score (nSPS) is 12.7. The molecule has 14 heavy (non-hydrogen) atoms. The molecule has 1 atom stereocenters. The number of pyridine rings is 1. The smallest absolute Gasteiger partial charge is 0.101 e. The van der Waals surface area contributed by atoms with Crippen molar-refractivity contribution >= 4 is 11.6 Å². The molecule has 0 saturated heterocycles. The zero-order chi connectivity index (χ0) is 9.97. The van der Waals surface area contributed by atoms with Crippen LogP contribution in [0.3, 0.4) is 0 Å². The zero-order valence-electron chi connectivity index (χ0n) is 7.63. The summed E-state index contributed by atoms with van der Waals surface area (Å²) in [6, 6.07) is 3.76. The standard InChI is InChI=1S/C9H9ClN4/c1-7(10)9-6-14(13-12-9)8-3-2-4-11-5-8/h2-7H,1H3. The third-order valence-corrected chi connectivity index (χ3v) is 2.05. The van der Waals surface area contributed by atoms with E-state index in [0.717, 1.165) is 11.4 Å². The fourth-order valence-electron chi connectivity index (χ4n) is 1.07. The van der Waals surface area contributed by atoms with Crippen molar-refractivity contribution < 1.29 is 0 Å². The van der Waals surface area contributed by atoms with Crippen molar-refractivity contribution in [2.75, 3.05) is 0 Å². The minimum Gasteiger partial charge on any atom is -0.262 e. The third kappa shape index (κ3) is 1.75. The van der Waals surface area contributed by atoms with Gasteiger partial charge in [-0.1, -0.05) is 5.21 Å². The summed E-state index contributed by atoms with van der Waals surface area (Å²) >= 11 is 5.87. The summed E-state index contributed by atoms with van der Waals surface area (Å²) in [6.45, 7) is 1.86. The van der Waals surface area contributed by atoms with Crippen LogP contribution in [0.1, 0.15) is 18.0 Å². The Morgan fingerprint density at radius 1 is 1.50 bits per heavy atom. The average Bonchev–Trinajstić information content (AvgIpc) is 2.68. The Hall–Kier alpha value is -1.42. The summed E-state index contributed by atoms with van der Waals surface area (Å²) in [6.07, 6.45) is 5.23. The van der Waals surface area contributed by atoms with Crippen molar-refractivity contribution in [3.8, 4) is 5.69 Å². The van der Waals surface area contributed by atoms with Gasteiger partial charge in [0.2, 0.25) is 0 Å². The van der Waals surface area contributed by atoms with Crippen molar-refractivity contribution in [1.82, 2.24) is 20.0 Å². The van der Waals surface area contributed by atoms with E-state index in [0.29, 0.717) is 0 Å². The van der Waals surface area contributed by atoms with Crippen LogP contribution in [-0.4, -0.2) is 20.0 Å². The van der Waals surface area contributed by atoms with Crippen LogP contribution in [0.2, 0.25) is 0 Å². The number of halogens is 1. The molecule has 0 amide bonds. The molecule has 0 aliphatic carbocycles. The minimum absolute atomic E-state index is 0.125. The Bertz CT molecular complexity index is 410. The van der Waals surface area contributed by atoms with Gasteiger partial charge in [-0.3, -0.25) is 4.98 Å². The van der Waals surface area contributed by atoms with Gasteiger partial charge in [-0.2, -0.15) is 0 Å². The molecule has 4 nitrogen and oxygen atoms in total. The van der Waals surface area contributed by atoms with E-state index in [1.54, 1.807) is 23.3 Å². The highest BCUT2D eigenvalue weighted by Gasteiger charge is 2.07. The molecule has 72 valence electrons. The summed E-state index contributed by atoms with van der Waals surface area (Å²) in [4.78, 5) is 3.99. The molecule has 0 bridgehead atoms. The van der Waals surface area contributed by atoms with Crippen LogP contribution < -0.4 is 0 Å². The van der Waals surface area contributed by atoms with Gasteiger partial charge in [0, 0.05) is 6.20 Å². The second-order valence-electron chi connectivity index (χ2n) is 2.92. The number of rotatable bonds is 2. The van der Waals surface area contributed by atoms with Crippen molar-refractivity contribution in [3.63, 3.8) is 0 Å².